The molecule has 0 fully saturated rings. The van der Waals surface area contributed by atoms with Crippen LogP contribution in [0.3, 0.4) is 0 Å². The lowest BCUT2D eigenvalue weighted by molar-refractivity contribution is 0.861. The minimum Gasteiger partial charge on any atom is -0.295 e. The molecule has 2 heterocycles. The molecule has 1 aromatic carbocycles. The zero-order valence-corrected chi connectivity index (χ0v) is 13.1. The second-order valence-corrected chi connectivity index (χ2v) is 5.72. The third-order valence-electron chi connectivity index (χ3n) is 3.27. The van der Waals surface area contributed by atoms with Gasteiger partial charge in [0.25, 0.3) is 5.56 Å². The molecular weight excluding hydrogens is 318 g/mol. The standard InChI is InChI=1S/C15H12ClN3OS.CH4/c1-19-13-9(8-17-15(18-13)21-2)7-11(14(19)20)10-5-3-4-6-12(10)16;/h3-8H,1-2H3;1H4. The molecular formula is C16H16ClN3OS. The molecule has 2 aromatic heterocycles. The maximum atomic E-state index is 12.6. The van der Waals surface area contributed by atoms with Crippen LogP contribution in [0.1, 0.15) is 7.43 Å². The summed E-state index contributed by atoms with van der Waals surface area (Å²) in [5.41, 5.74) is 1.77. The van der Waals surface area contributed by atoms with E-state index in [9.17, 15) is 4.79 Å². The number of aromatic nitrogens is 3. The number of aryl methyl sites for hydroxylation is 1. The molecule has 6 heteroatoms. The maximum Gasteiger partial charge on any atom is 0.259 e. The van der Waals surface area contributed by atoms with E-state index in [1.165, 1.54) is 16.3 Å². The van der Waals surface area contributed by atoms with Gasteiger partial charge >= 0.3 is 0 Å². The van der Waals surface area contributed by atoms with Crippen molar-refractivity contribution < 1.29 is 0 Å². The summed E-state index contributed by atoms with van der Waals surface area (Å²) in [5.74, 6) is 0. The van der Waals surface area contributed by atoms with Crippen molar-refractivity contribution in [1.82, 2.24) is 14.5 Å². The summed E-state index contributed by atoms with van der Waals surface area (Å²) < 4.78 is 1.54. The fourth-order valence-corrected chi connectivity index (χ4v) is 2.78. The van der Waals surface area contributed by atoms with Crippen molar-refractivity contribution >= 4 is 34.4 Å². The molecule has 0 aliphatic carbocycles. The van der Waals surface area contributed by atoms with Crippen LogP contribution < -0.4 is 5.56 Å². The van der Waals surface area contributed by atoms with Gasteiger partial charge in [-0.05, 0) is 18.4 Å². The quantitative estimate of drug-likeness (QED) is 0.525. The van der Waals surface area contributed by atoms with Gasteiger partial charge in [0.1, 0.15) is 5.65 Å². The van der Waals surface area contributed by atoms with Crippen LogP contribution in [0, 0.1) is 0 Å². The molecule has 0 spiro atoms. The monoisotopic (exact) mass is 333 g/mol. The molecule has 22 heavy (non-hydrogen) atoms. The van der Waals surface area contributed by atoms with E-state index in [0.717, 1.165) is 10.9 Å². The Morgan fingerprint density at radius 3 is 2.64 bits per heavy atom. The fourth-order valence-electron chi connectivity index (χ4n) is 2.20. The second kappa shape index (κ2) is 6.50. The first kappa shape index (κ1) is 16.5. The van der Waals surface area contributed by atoms with Crippen LogP contribution in [0.2, 0.25) is 5.02 Å². The normalized spacial score (nSPS) is 10.5. The highest BCUT2D eigenvalue weighted by molar-refractivity contribution is 7.98. The summed E-state index contributed by atoms with van der Waals surface area (Å²) in [7, 11) is 1.71. The molecule has 0 aliphatic heterocycles. The minimum atomic E-state index is -0.124. The van der Waals surface area contributed by atoms with Crippen molar-refractivity contribution in [2.45, 2.75) is 12.6 Å². The van der Waals surface area contributed by atoms with Crippen molar-refractivity contribution in [1.29, 1.82) is 0 Å². The van der Waals surface area contributed by atoms with Crippen LogP contribution in [-0.2, 0) is 7.05 Å². The Kier molecular flexibility index (Phi) is 4.88. The van der Waals surface area contributed by atoms with Crippen molar-refractivity contribution in [3.8, 4) is 11.1 Å². The molecule has 3 rings (SSSR count). The Bertz CT molecular complexity index is 892. The van der Waals surface area contributed by atoms with E-state index in [-0.39, 0.29) is 13.0 Å². The number of thioether (sulfide) groups is 1. The van der Waals surface area contributed by atoms with Gasteiger partial charge in [-0.1, -0.05) is 49.0 Å². The highest BCUT2D eigenvalue weighted by atomic mass is 35.5. The molecule has 3 aromatic rings. The van der Waals surface area contributed by atoms with Gasteiger partial charge in [-0.2, -0.15) is 0 Å². The average molecular weight is 334 g/mol. The third-order valence-corrected chi connectivity index (χ3v) is 4.16. The second-order valence-electron chi connectivity index (χ2n) is 4.54. The van der Waals surface area contributed by atoms with Crippen molar-refractivity contribution in [2.75, 3.05) is 6.26 Å². The predicted octanol–water partition coefficient (Wildman–Crippen LogP) is 4.01. The average Bonchev–Trinajstić information content (AvgIpc) is 2.51. The largest absolute Gasteiger partial charge is 0.295 e. The molecule has 114 valence electrons. The van der Waals surface area contributed by atoms with Crippen LogP contribution in [0.25, 0.3) is 22.2 Å². The van der Waals surface area contributed by atoms with Gasteiger partial charge in [-0.15, -0.1) is 0 Å². The third kappa shape index (κ3) is 2.74. The Morgan fingerprint density at radius 2 is 1.95 bits per heavy atom. The number of hydrogen-bond acceptors (Lipinski definition) is 4. The van der Waals surface area contributed by atoms with E-state index in [1.807, 2.05) is 24.5 Å². The van der Waals surface area contributed by atoms with Crippen LogP contribution in [-0.4, -0.2) is 20.8 Å². The Hall–Kier alpha value is -1.85. The number of hydrogen-bond donors (Lipinski definition) is 0. The van der Waals surface area contributed by atoms with Crippen molar-refractivity contribution in [3.63, 3.8) is 0 Å². The van der Waals surface area contributed by atoms with Gasteiger partial charge in [0.15, 0.2) is 5.16 Å². The summed E-state index contributed by atoms with van der Waals surface area (Å²) in [6, 6.07) is 9.10. The number of rotatable bonds is 2. The highest BCUT2D eigenvalue weighted by Gasteiger charge is 2.12. The topological polar surface area (TPSA) is 47.8 Å². The van der Waals surface area contributed by atoms with Gasteiger partial charge in [-0.25, -0.2) is 9.97 Å². The zero-order chi connectivity index (χ0) is 15.0. The first-order valence-electron chi connectivity index (χ1n) is 6.27. The van der Waals surface area contributed by atoms with Gasteiger partial charge in [0.2, 0.25) is 0 Å². The summed E-state index contributed by atoms with van der Waals surface area (Å²) >= 11 is 7.64. The zero-order valence-electron chi connectivity index (χ0n) is 11.5. The lowest BCUT2D eigenvalue weighted by Gasteiger charge is -2.09. The molecule has 0 saturated heterocycles. The number of halogens is 1. The molecule has 0 amide bonds. The molecule has 0 aliphatic rings. The van der Waals surface area contributed by atoms with E-state index >= 15 is 0 Å². The Morgan fingerprint density at radius 1 is 1.23 bits per heavy atom. The highest BCUT2D eigenvalue weighted by Crippen LogP contribution is 2.27. The molecule has 0 atom stereocenters. The van der Waals surface area contributed by atoms with Gasteiger partial charge < -0.3 is 0 Å². The van der Waals surface area contributed by atoms with E-state index in [2.05, 4.69) is 9.97 Å². The van der Waals surface area contributed by atoms with Gasteiger partial charge in [-0.3, -0.25) is 9.36 Å². The van der Waals surface area contributed by atoms with Gasteiger partial charge in [0, 0.05) is 34.8 Å². The number of fused-ring (bicyclic) bond motifs is 1. The molecule has 0 bridgehead atoms. The smallest absolute Gasteiger partial charge is 0.259 e. The Balaban J connectivity index is 0.00000176. The van der Waals surface area contributed by atoms with Crippen LogP contribution in [0.5, 0.6) is 0 Å². The van der Waals surface area contributed by atoms with Crippen LogP contribution in [0.15, 0.2) is 46.5 Å². The summed E-state index contributed by atoms with van der Waals surface area (Å²) in [6.45, 7) is 0. The van der Waals surface area contributed by atoms with Crippen LogP contribution >= 0.6 is 23.4 Å². The molecule has 4 nitrogen and oxygen atoms in total. The number of benzene rings is 1. The molecule has 0 saturated carbocycles. The molecule has 0 N–H and O–H groups in total. The first-order valence-corrected chi connectivity index (χ1v) is 7.88. The number of nitrogens with zero attached hydrogens (tertiary/aromatic N) is 3. The predicted molar refractivity (Wildman–Crippen MR) is 93.7 cm³/mol. The molecule has 0 radical (unpaired) electrons. The lowest BCUT2D eigenvalue weighted by atomic mass is 10.1. The minimum absolute atomic E-state index is 0. The Labute approximate surface area is 138 Å². The van der Waals surface area contributed by atoms with Crippen molar-refractivity contribution in [3.05, 3.63) is 51.9 Å². The van der Waals surface area contributed by atoms with Crippen molar-refractivity contribution in [2.24, 2.45) is 7.05 Å². The SMILES string of the molecule is C.CSc1ncc2cc(-c3ccccc3Cl)c(=O)n(C)c2n1. The summed E-state index contributed by atoms with van der Waals surface area (Å²) in [4.78, 5) is 21.2. The molecule has 0 unspecified atom stereocenters. The summed E-state index contributed by atoms with van der Waals surface area (Å²) in [5, 5.41) is 2.00. The van der Waals surface area contributed by atoms with E-state index in [0.29, 0.717) is 21.4 Å². The summed E-state index contributed by atoms with van der Waals surface area (Å²) in [6.07, 6.45) is 3.63. The maximum absolute atomic E-state index is 12.6. The van der Waals surface area contributed by atoms with Crippen LogP contribution in [0.4, 0.5) is 0 Å². The lowest BCUT2D eigenvalue weighted by Crippen LogP contribution is -2.20. The fraction of sp³-hybridized carbons (Fsp3) is 0.188. The van der Waals surface area contributed by atoms with E-state index in [1.54, 1.807) is 25.4 Å². The van der Waals surface area contributed by atoms with E-state index in [4.69, 9.17) is 11.6 Å². The first-order chi connectivity index (χ1) is 10.1. The number of pyridine rings is 1. The van der Waals surface area contributed by atoms with E-state index < -0.39 is 0 Å². The van der Waals surface area contributed by atoms with Gasteiger partial charge in [0.05, 0.1) is 0 Å².